The number of hydrogen-bond acceptors (Lipinski definition) is 1. The summed E-state index contributed by atoms with van der Waals surface area (Å²) in [6.07, 6.45) is 0.771. The summed E-state index contributed by atoms with van der Waals surface area (Å²) < 4.78 is 0. The summed E-state index contributed by atoms with van der Waals surface area (Å²) in [4.78, 5) is 11.9. The Hall–Kier alpha value is -2.00. The molecule has 23 heavy (non-hydrogen) atoms. The molecule has 4 heteroatoms. The van der Waals surface area contributed by atoms with Crippen LogP contribution in [-0.4, -0.2) is 12.6 Å². The van der Waals surface area contributed by atoms with Crippen LogP contribution in [0.1, 0.15) is 31.9 Å². The van der Waals surface area contributed by atoms with Crippen molar-refractivity contribution >= 4 is 23.3 Å². The normalized spacial score (nSPS) is 11.1. The van der Waals surface area contributed by atoms with E-state index in [9.17, 15) is 4.79 Å². The zero-order valence-corrected chi connectivity index (χ0v) is 14.6. The molecule has 2 N–H and O–H groups in total. The minimum absolute atomic E-state index is 0.110. The molecule has 2 aromatic carbocycles. The molecule has 0 bridgehead atoms. The molecule has 2 aromatic rings. The predicted molar refractivity (Wildman–Crippen MR) is 97.3 cm³/mol. The number of rotatable bonds is 4. The van der Waals surface area contributed by atoms with Crippen LogP contribution in [0.25, 0.3) is 0 Å². The molecule has 0 fully saturated rings. The average Bonchev–Trinajstić information content (AvgIpc) is 2.49. The Balaban J connectivity index is 1.79. The molecule has 122 valence electrons. The fourth-order valence-electron chi connectivity index (χ4n) is 2.20. The zero-order valence-electron chi connectivity index (χ0n) is 13.8. The molecule has 0 aliphatic heterocycles. The number of nitrogens with one attached hydrogen (secondary N) is 2. The van der Waals surface area contributed by atoms with Crippen molar-refractivity contribution in [1.29, 1.82) is 0 Å². The molecule has 0 aromatic heterocycles. The van der Waals surface area contributed by atoms with Crippen LogP contribution < -0.4 is 10.6 Å². The van der Waals surface area contributed by atoms with E-state index in [1.54, 1.807) is 0 Å². The van der Waals surface area contributed by atoms with Crippen molar-refractivity contribution in [3.8, 4) is 0 Å². The molecule has 0 aliphatic carbocycles. The van der Waals surface area contributed by atoms with E-state index in [-0.39, 0.29) is 11.4 Å². The minimum Gasteiger partial charge on any atom is -0.338 e. The Bertz CT molecular complexity index is 643. The van der Waals surface area contributed by atoms with Crippen LogP contribution in [0, 0.1) is 0 Å². The van der Waals surface area contributed by atoms with Crippen LogP contribution in [0.3, 0.4) is 0 Å². The summed E-state index contributed by atoms with van der Waals surface area (Å²) in [6, 6.07) is 15.4. The molecule has 0 aliphatic rings. The number of carbonyl (C=O) groups excluding carboxylic acids is 1. The highest BCUT2D eigenvalue weighted by molar-refractivity contribution is 6.30. The van der Waals surface area contributed by atoms with Gasteiger partial charge in [0, 0.05) is 17.3 Å². The van der Waals surface area contributed by atoms with Crippen molar-refractivity contribution in [3.63, 3.8) is 0 Å². The molecule has 0 atom stereocenters. The first-order valence-corrected chi connectivity index (χ1v) is 8.12. The maximum absolute atomic E-state index is 11.9. The lowest BCUT2D eigenvalue weighted by Gasteiger charge is -2.19. The third-order valence-electron chi connectivity index (χ3n) is 3.62. The predicted octanol–water partition coefficient (Wildman–Crippen LogP) is 5.00. The Kier molecular flexibility index (Phi) is 5.67. The van der Waals surface area contributed by atoms with E-state index in [0.29, 0.717) is 6.54 Å². The average molecular weight is 331 g/mol. The highest BCUT2D eigenvalue weighted by atomic mass is 35.5. The van der Waals surface area contributed by atoms with Crippen molar-refractivity contribution in [1.82, 2.24) is 5.32 Å². The summed E-state index contributed by atoms with van der Waals surface area (Å²) in [5.41, 5.74) is 3.29. The van der Waals surface area contributed by atoms with Gasteiger partial charge in [-0.3, -0.25) is 0 Å². The molecule has 0 saturated carbocycles. The monoisotopic (exact) mass is 330 g/mol. The molecule has 0 spiro atoms. The number of carbonyl (C=O) groups is 1. The molecule has 0 radical (unpaired) electrons. The topological polar surface area (TPSA) is 41.1 Å². The summed E-state index contributed by atoms with van der Waals surface area (Å²) in [5.74, 6) is 0. The van der Waals surface area contributed by atoms with Crippen LogP contribution in [0.4, 0.5) is 10.5 Å². The third kappa shape index (κ3) is 5.61. The molecular weight excluding hydrogens is 308 g/mol. The summed E-state index contributed by atoms with van der Waals surface area (Å²) in [7, 11) is 0. The van der Waals surface area contributed by atoms with Crippen LogP contribution in [0.2, 0.25) is 5.02 Å². The molecule has 0 heterocycles. The van der Waals surface area contributed by atoms with Crippen molar-refractivity contribution in [3.05, 3.63) is 64.7 Å². The highest BCUT2D eigenvalue weighted by Crippen LogP contribution is 2.23. The van der Waals surface area contributed by atoms with Gasteiger partial charge in [-0.25, -0.2) is 4.79 Å². The first-order chi connectivity index (χ1) is 10.8. The van der Waals surface area contributed by atoms with Crippen LogP contribution in [0.5, 0.6) is 0 Å². The maximum atomic E-state index is 11.9. The van der Waals surface area contributed by atoms with Crippen molar-refractivity contribution in [2.75, 3.05) is 11.9 Å². The Morgan fingerprint density at radius 1 is 1.00 bits per heavy atom. The number of urea groups is 1. The highest BCUT2D eigenvalue weighted by Gasteiger charge is 2.13. The Morgan fingerprint density at radius 3 is 2.17 bits per heavy atom. The van der Waals surface area contributed by atoms with Crippen molar-refractivity contribution in [2.24, 2.45) is 0 Å². The summed E-state index contributed by atoms with van der Waals surface area (Å²) >= 11 is 5.85. The Labute approximate surface area is 143 Å². The van der Waals surface area contributed by atoms with Gasteiger partial charge in [-0.15, -0.1) is 0 Å². The second-order valence-corrected chi connectivity index (χ2v) is 7.02. The number of amides is 2. The quantitative estimate of drug-likeness (QED) is 0.813. The molecule has 0 unspecified atom stereocenters. The smallest absolute Gasteiger partial charge is 0.319 e. The molecular formula is C19H23ClN2O. The van der Waals surface area contributed by atoms with Gasteiger partial charge in [-0.05, 0) is 47.2 Å². The first-order valence-electron chi connectivity index (χ1n) is 7.74. The van der Waals surface area contributed by atoms with E-state index < -0.39 is 0 Å². The van der Waals surface area contributed by atoms with E-state index in [1.807, 2.05) is 48.5 Å². The van der Waals surface area contributed by atoms with Gasteiger partial charge in [-0.1, -0.05) is 56.6 Å². The van der Waals surface area contributed by atoms with Gasteiger partial charge in [0.15, 0.2) is 0 Å². The number of hydrogen-bond donors (Lipinski definition) is 2. The van der Waals surface area contributed by atoms with Crippen molar-refractivity contribution < 1.29 is 4.79 Å². The molecule has 0 saturated heterocycles. The number of benzene rings is 2. The lowest BCUT2D eigenvalue weighted by atomic mass is 9.87. The van der Waals surface area contributed by atoms with Crippen LogP contribution in [-0.2, 0) is 11.8 Å². The van der Waals surface area contributed by atoms with E-state index in [2.05, 4.69) is 31.4 Å². The van der Waals surface area contributed by atoms with Crippen molar-refractivity contribution in [2.45, 2.75) is 32.6 Å². The standard InChI is InChI=1S/C19H23ClN2O/c1-19(2,3)15-6-10-17(11-7-15)22-18(23)21-13-12-14-4-8-16(20)9-5-14/h4-11H,12-13H2,1-3H3,(H2,21,22,23). The molecule has 2 amide bonds. The number of halogens is 1. The van der Waals surface area contributed by atoms with E-state index in [4.69, 9.17) is 11.6 Å². The van der Waals surface area contributed by atoms with Gasteiger partial charge in [0.1, 0.15) is 0 Å². The number of anilines is 1. The summed E-state index contributed by atoms with van der Waals surface area (Å²) in [5, 5.41) is 6.42. The van der Waals surface area contributed by atoms with Crippen LogP contribution in [0.15, 0.2) is 48.5 Å². The van der Waals surface area contributed by atoms with Gasteiger partial charge in [0.2, 0.25) is 0 Å². The third-order valence-corrected chi connectivity index (χ3v) is 3.87. The maximum Gasteiger partial charge on any atom is 0.319 e. The minimum atomic E-state index is -0.192. The first kappa shape index (κ1) is 17.4. The van der Waals surface area contributed by atoms with Gasteiger partial charge < -0.3 is 10.6 Å². The molecule has 2 rings (SSSR count). The van der Waals surface area contributed by atoms with Crippen LogP contribution >= 0.6 is 11.6 Å². The van der Waals surface area contributed by atoms with E-state index in [0.717, 1.165) is 22.7 Å². The fraction of sp³-hybridized carbons (Fsp3) is 0.316. The lowest BCUT2D eigenvalue weighted by molar-refractivity contribution is 0.252. The van der Waals surface area contributed by atoms with Gasteiger partial charge in [0.05, 0.1) is 0 Å². The lowest BCUT2D eigenvalue weighted by Crippen LogP contribution is -2.30. The van der Waals surface area contributed by atoms with Gasteiger partial charge in [0.25, 0.3) is 0 Å². The molecule has 3 nitrogen and oxygen atoms in total. The van der Waals surface area contributed by atoms with Gasteiger partial charge >= 0.3 is 6.03 Å². The fourth-order valence-corrected chi connectivity index (χ4v) is 2.33. The van der Waals surface area contributed by atoms with Gasteiger partial charge in [-0.2, -0.15) is 0 Å². The zero-order chi connectivity index (χ0) is 16.9. The second kappa shape index (κ2) is 7.51. The second-order valence-electron chi connectivity index (χ2n) is 6.58. The SMILES string of the molecule is CC(C)(C)c1ccc(NC(=O)NCCc2ccc(Cl)cc2)cc1. The summed E-state index contributed by atoms with van der Waals surface area (Å²) in [6.45, 7) is 7.07. The Morgan fingerprint density at radius 2 is 1.61 bits per heavy atom. The van der Waals surface area contributed by atoms with E-state index in [1.165, 1.54) is 5.56 Å². The largest absolute Gasteiger partial charge is 0.338 e. The van der Waals surface area contributed by atoms with E-state index >= 15 is 0 Å².